The van der Waals surface area contributed by atoms with E-state index in [1.54, 1.807) is 16.0 Å². The van der Waals surface area contributed by atoms with Crippen molar-refractivity contribution in [3.63, 3.8) is 0 Å². The molecule has 2 aliphatic rings. The normalized spacial score (nSPS) is 18.2. The largest absolute Gasteiger partial charge is 0.342 e. The highest BCUT2D eigenvalue weighted by Crippen LogP contribution is 2.29. The summed E-state index contributed by atoms with van der Waals surface area (Å²) in [7, 11) is 0. The van der Waals surface area contributed by atoms with Gasteiger partial charge in [0, 0.05) is 43.9 Å². The van der Waals surface area contributed by atoms with Crippen LogP contribution in [0.3, 0.4) is 0 Å². The number of aromatic nitrogens is 1. The lowest BCUT2D eigenvalue weighted by Gasteiger charge is -2.35. The van der Waals surface area contributed by atoms with Crippen LogP contribution in [0.4, 0.5) is 11.5 Å². The molecule has 1 unspecified atom stereocenters. The Kier molecular flexibility index (Phi) is 7.30. The van der Waals surface area contributed by atoms with Crippen LogP contribution in [0.25, 0.3) is 0 Å². The molecule has 3 aromatic rings. The zero-order valence-electron chi connectivity index (χ0n) is 21.1. The number of rotatable bonds is 6. The summed E-state index contributed by atoms with van der Waals surface area (Å²) >= 11 is 0. The Morgan fingerprint density at radius 1 is 0.919 bits per heavy atom. The van der Waals surface area contributed by atoms with Crippen molar-refractivity contribution in [2.45, 2.75) is 32.7 Å². The van der Waals surface area contributed by atoms with Crippen molar-refractivity contribution < 1.29 is 14.4 Å². The van der Waals surface area contributed by atoms with E-state index in [9.17, 15) is 14.4 Å². The van der Waals surface area contributed by atoms with E-state index >= 15 is 0 Å². The smallest absolute Gasteiger partial charge is 0.231 e. The highest BCUT2D eigenvalue weighted by Gasteiger charge is 2.39. The molecule has 0 bridgehead atoms. The third-order valence-corrected chi connectivity index (χ3v) is 7.35. The topological polar surface area (TPSA) is 73.8 Å². The highest BCUT2D eigenvalue weighted by atomic mass is 16.2. The van der Waals surface area contributed by atoms with Gasteiger partial charge in [0.2, 0.25) is 17.7 Å². The second-order valence-corrected chi connectivity index (χ2v) is 9.94. The lowest BCUT2D eigenvalue weighted by atomic mass is 9.93. The molecule has 5 rings (SSSR count). The summed E-state index contributed by atoms with van der Waals surface area (Å²) in [5, 5.41) is 0. The average molecular weight is 497 g/mol. The monoisotopic (exact) mass is 496 g/mol. The number of hydrogen-bond donors (Lipinski definition) is 0. The molecule has 7 heteroatoms. The number of carbonyl (C=O) groups is 3. The molecule has 0 aliphatic carbocycles. The first-order chi connectivity index (χ1) is 18.0. The molecule has 190 valence electrons. The Balaban J connectivity index is 1.21. The molecule has 0 spiro atoms. The molecular formula is C30H32N4O3. The predicted octanol–water partition coefficient (Wildman–Crippen LogP) is 4.21. The molecule has 0 radical (unpaired) electrons. The molecule has 1 aromatic heterocycles. The van der Waals surface area contributed by atoms with E-state index in [2.05, 4.69) is 4.98 Å². The Labute approximate surface area is 217 Å². The Hall–Kier alpha value is -4.00. The number of nitrogens with zero attached hydrogens (tertiary/aromatic N) is 4. The maximum atomic E-state index is 13.6. The van der Waals surface area contributed by atoms with E-state index in [-0.39, 0.29) is 36.0 Å². The zero-order chi connectivity index (χ0) is 25.8. The summed E-state index contributed by atoms with van der Waals surface area (Å²) in [6, 6.07) is 23.3. The van der Waals surface area contributed by atoms with Crippen LogP contribution in [0, 0.1) is 18.8 Å². The molecule has 7 nitrogen and oxygen atoms in total. The van der Waals surface area contributed by atoms with Gasteiger partial charge in [-0.25, -0.2) is 4.98 Å². The average Bonchev–Trinajstić information content (AvgIpc) is 3.34. The van der Waals surface area contributed by atoms with Crippen molar-refractivity contribution in [2.75, 3.05) is 29.4 Å². The van der Waals surface area contributed by atoms with E-state index in [1.165, 1.54) is 0 Å². The fourth-order valence-corrected chi connectivity index (χ4v) is 5.22. The van der Waals surface area contributed by atoms with Gasteiger partial charge in [0.25, 0.3) is 0 Å². The summed E-state index contributed by atoms with van der Waals surface area (Å²) in [5.41, 5.74) is 3.01. The number of aryl methyl sites for hydroxylation is 1. The Morgan fingerprint density at radius 3 is 2.30 bits per heavy atom. The van der Waals surface area contributed by atoms with E-state index in [0.29, 0.717) is 44.8 Å². The molecule has 1 atom stereocenters. The SMILES string of the molecule is Cc1ccc(N2CC(C(=O)N3CCC(C(=O)N(Cc4ccccc4)c4ccccn4)CC3)CC2=O)cc1. The minimum absolute atomic E-state index is 0.0136. The second kappa shape index (κ2) is 10.9. The number of anilines is 2. The highest BCUT2D eigenvalue weighted by molar-refractivity contribution is 6.00. The van der Waals surface area contributed by atoms with Crippen molar-refractivity contribution in [1.29, 1.82) is 0 Å². The number of amides is 3. The molecule has 2 saturated heterocycles. The second-order valence-electron chi connectivity index (χ2n) is 9.94. The van der Waals surface area contributed by atoms with Gasteiger partial charge in [-0.3, -0.25) is 19.3 Å². The lowest BCUT2D eigenvalue weighted by Crippen LogP contribution is -2.46. The van der Waals surface area contributed by atoms with E-state index in [0.717, 1.165) is 16.8 Å². The van der Waals surface area contributed by atoms with Crippen LogP contribution in [0.5, 0.6) is 0 Å². The molecule has 3 heterocycles. The number of hydrogen-bond acceptors (Lipinski definition) is 4. The van der Waals surface area contributed by atoms with E-state index in [1.807, 2.05) is 84.6 Å². The Morgan fingerprint density at radius 2 is 1.62 bits per heavy atom. The van der Waals surface area contributed by atoms with Crippen molar-refractivity contribution in [3.05, 3.63) is 90.1 Å². The first-order valence-electron chi connectivity index (χ1n) is 12.9. The lowest BCUT2D eigenvalue weighted by molar-refractivity contribution is -0.138. The van der Waals surface area contributed by atoms with Crippen LogP contribution in [-0.4, -0.2) is 47.2 Å². The number of benzene rings is 2. The van der Waals surface area contributed by atoms with Gasteiger partial charge in [-0.1, -0.05) is 54.1 Å². The molecular weight excluding hydrogens is 464 g/mol. The van der Waals surface area contributed by atoms with Crippen molar-refractivity contribution in [2.24, 2.45) is 11.8 Å². The van der Waals surface area contributed by atoms with Gasteiger partial charge in [-0.15, -0.1) is 0 Å². The first-order valence-corrected chi connectivity index (χ1v) is 12.9. The van der Waals surface area contributed by atoms with Crippen molar-refractivity contribution in [1.82, 2.24) is 9.88 Å². The van der Waals surface area contributed by atoms with Crippen molar-refractivity contribution >= 4 is 29.2 Å². The first kappa shape index (κ1) is 24.7. The molecule has 2 aromatic carbocycles. The molecule has 2 fully saturated rings. The van der Waals surface area contributed by atoms with Crippen molar-refractivity contribution in [3.8, 4) is 0 Å². The van der Waals surface area contributed by atoms with Gasteiger partial charge in [-0.05, 0) is 49.6 Å². The van der Waals surface area contributed by atoms with Gasteiger partial charge >= 0.3 is 0 Å². The molecule has 0 saturated carbocycles. The summed E-state index contributed by atoms with van der Waals surface area (Å²) in [4.78, 5) is 49.3. The maximum absolute atomic E-state index is 13.6. The molecule has 2 aliphatic heterocycles. The number of pyridine rings is 1. The molecule has 0 N–H and O–H groups in total. The third kappa shape index (κ3) is 5.56. The van der Waals surface area contributed by atoms with Crippen LogP contribution in [0.1, 0.15) is 30.4 Å². The summed E-state index contributed by atoms with van der Waals surface area (Å²) in [5.74, 6) is 0.152. The van der Waals surface area contributed by atoms with Gasteiger partial charge < -0.3 is 9.80 Å². The van der Waals surface area contributed by atoms with E-state index in [4.69, 9.17) is 0 Å². The Bertz CT molecular complexity index is 1240. The number of piperidine rings is 1. The van der Waals surface area contributed by atoms with Gasteiger partial charge in [0.15, 0.2) is 0 Å². The van der Waals surface area contributed by atoms with Gasteiger partial charge in [-0.2, -0.15) is 0 Å². The van der Waals surface area contributed by atoms with Crippen LogP contribution >= 0.6 is 0 Å². The quantitative estimate of drug-likeness (QED) is 0.512. The summed E-state index contributed by atoms with van der Waals surface area (Å²) in [6.07, 6.45) is 3.14. The van der Waals surface area contributed by atoms with E-state index < -0.39 is 0 Å². The van der Waals surface area contributed by atoms with Gasteiger partial charge in [0.05, 0.1) is 12.5 Å². The van der Waals surface area contributed by atoms with Crippen LogP contribution < -0.4 is 9.80 Å². The third-order valence-electron chi connectivity index (χ3n) is 7.35. The van der Waals surface area contributed by atoms with Crippen LogP contribution in [-0.2, 0) is 20.9 Å². The number of carbonyl (C=O) groups excluding carboxylic acids is 3. The molecule has 3 amide bonds. The van der Waals surface area contributed by atoms with Gasteiger partial charge in [0.1, 0.15) is 5.82 Å². The fraction of sp³-hybridized carbons (Fsp3) is 0.333. The number of likely N-dealkylation sites (tertiary alicyclic amines) is 1. The van der Waals surface area contributed by atoms with Crippen LogP contribution in [0.2, 0.25) is 0 Å². The fourth-order valence-electron chi connectivity index (χ4n) is 5.22. The maximum Gasteiger partial charge on any atom is 0.231 e. The molecule has 37 heavy (non-hydrogen) atoms. The standard InChI is InChI=1S/C30H32N4O3/c1-22-10-12-26(13-11-22)33-21-25(19-28(33)35)29(36)32-17-14-24(15-18-32)30(37)34(27-9-5-6-16-31-27)20-23-7-3-2-4-8-23/h2-13,16,24-25H,14-15,17-21H2,1H3. The minimum atomic E-state index is -0.343. The summed E-state index contributed by atoms with van der Waals surface area (Å²) in [6.45, 7) is 3.91. The zero-order valence-corrected chi connectivity index (χ0v) is 21.1. The predicted molar refractivity (Wildman–Crippen MR) is 143 cm³/mol. The minimum Gasteiger partial charge on any atom is -0.342 e. The summed E-state index contributed by atoms with van der Waals surface area (Å²) < 4.78 is 0. The van der Waals surface area contributed by atoms with Crippen LogP contribution in [0.15, 0.2) is 79.0 Å².